The molecule has 29 heavy (non-hydrogen) atoms. The molecule has 1 amide bonds. The number of rotatable bonds is 5. The van der Waals surface area contributed by atoms with Gasteiger partial charge in [0.1, 0.15) is 28.9 Å². The number of phenols is 1. The summed E-state index contributed by atoms with van der Waals surface area (Å²) in [5, 5.41) is 17.2. The Morgan fingerprint density at radius 2 is 2.10 bits per heavy atom. The smallest absolute Gasteiger partial charge is 0.224 e. The molecule has 6 heteroatoms. The van der Waals surface area contributed by atoms with Gasteiger partial charge in [0.25, 0.3) is 0 Å². The van der Waals surface area contributed by atoms with Crippen LogP contribution < -0.4 is 15.4 Å². The minimum absolute atomic E-state index is 0.0317. The quantitative estimate of drug-likeness (QED) is 0.713. The molecule has 0 aromatic heterocycles. The lowest BCUT2D eigenvalue weighted by atomic mass is 9.83. The van der Waals surface area contributed by atoms with E-state index in [9.17, 15) is 9.90 Å². The standard InChI is InChI=1S/C23H28N2O4/c26-18-4-1-5-19(28-13-14-6-7-14)22(18)20-11-17-16(8-9-21(27)25-17)23(29-20)15-3-2-10-24-12-15/h1,4-5,11,14-15,23-24,26H,2-3,6-10,12-13H2,(H,25,27)/t15-,23?/m0/s1. The Hall–Kier alpha value is -2.47. The Morgan fingerprint density at radius 1 is 1.21 bits per heavy atom. The summed E-state index contributed by atoms with van der Waals surface area (Å²) in [6.45, 7) is 2.59. The molecule has 0 radical (unpaired) electrons. The van der Waals surface area contributed by atoms with Crippen molar-refractivity contribution in [2.45, 2.75) is 44.6 Å². The first-order valence-corrected chi connectivity index (χ1v) is 10.8. The minimum atomic E-state index is -0.103. The molecule has 0 bridgehead atoms. The number of nitrogens with one attached hydrogen (secondary N) is 2. The molecule has 3 N–H and O–H groups in total. The van der Waals surface area contributed by atoms with E-state index in [2.05, 4.69) is 10.6 Å². The van der Waals surface area contributed by atoms with Crippen molar-refractivity contribution in [3.8, 4) is 11.5 Å². The highest BCUT2D eigenvalue weighted by Gasteiger charge is 2.37. The van der Waals surface area contributed by atoms with Crippen LogP contribution in [0.3, 0.4) is 0 Å². The molecule has 2 atom stereocenters. The van der Waals surface area contributed by atoms with Gasteiger partial charge < -0.3 is 25.2 Å². The number of hydrogen-bond acceptors (Lipinski definition) is 5. The lowest BCUT2D eigenvalue weighted by Gasteiger charge is -2.38. The van der Waals surface area contributed by atoms with Gasteiger partial charge in [-0.2, -0.15) is 0 Å². The first-order valence-electron chi connectivity index (χ1n) is 10.8. The van der Waals surface area contributed by atoms with Crippen LogP contribution >= 0.6 is 0 Å². The van der Waals surface area contributed by atoms with Crippen molar-refractivity contribution in [2.24, 2.45) is 11.8 Å². The van der Waals surface area contributed by atoms with Crippen LogP contribution in [-0.2, 0) is 9.53 Å². The molecule has 0 spiro atoms. The van der Waals surface area contributed by atoms with E-state index in [1.165, 1.54) is 12.8 Å². The van der Waals surface area contributed by atoms with Gasteiger partial charge in [-0.3, -0.25) is 4.79 Å². The molecule has 3 aliphatic heterocycles. The summed E-state index contributed by atoms with van der Waals surface area (Å²) >= 11 is 0. The van der Waals surface area contributed by atoms with Crippen LogP contribution in [0.15, 0.2) is 35.5 Å². The lowest BCUT2D eigenvalue weighted by molar-refractivity contribution is -0.120. The van der Waals surface area contributed by atoms with Gasteiger partial charge in [-0.05, 0) is 62.3 Å². The maximum absolute atomic E-state index is 12.1. The van der Waals surface area contributed by atoms with Crippen LogP contribution in [0.1, 0.15) is 44.1 Å². The molecule has 1 saturated heterocycles. The van der Waals surface area contributed by atoms with E-state index in [0.717, 1.165) is 43.6 Å². The Kier molecular flexibility index (Phi) is 4.96. The van der Waals surface area contributed by atoms with Crippen LogP contribution in [0.4, 0.5) is 0 Å². The zero-order valence-electron chi connectivity index (χ0n) is 16.6. The highest BCUT2D eigenvalue weighted by molar-refractivity contribution is 5.83. The van der Waals surface area contributed by atoms with Gasteiger partial charge in [-0.15, -0.1) is 0 Å². The van der Waals surface area contributed by atoms with Gasteiger partial charge >= 0.3 is 0 Å². The number of amides is 1. The van der Waals surface area contributed by atoms with E-state index in [0.29, 0.717) is 41.9 Å². The molecule has 1 unspecified atom stereocenters. The van der Waals surface area contributed by atoms with Gasteiger partial charge in [0.15, 0.2) is 0 Å². The first-order chi connectivity index (χ1) is 14.2. The number of aromatic hydroxyl groups is 1. The van der Waals surface area contributed by atoms with Crippen LogP contribution in [0, 0.1) is 11.8 Å². The summed E-state index contributed by atoms with van der Waals surface area (Å²) < 4.78 is 12.6. The van der Waals surface area contributed by atoms with E-state index in [4.69, 9.17) is 9.47 Å². The predicted molar refractivity (Wildman–Crippen MR) is 109 cm³/mol. The summed E-state index contributed by atoms with van der Waals surface area (Å²) in [4.78, 5) is 12.1. The van der Waals surface area contributed by atoms with E-state index < -0.39 is 0 Å². The monoisotopic (exact) mass is 396 g/mol. The second-order valence-corrected chi connectivity index (χ2v) is 8.55. The van der Waals surface area contributed by atoms with Gasteiger partial charge in [0, 0.05) is 30.7 Å². The summed E-state index contributed by atoms with van der Waals surface area (Å²) in [6.07, 6.45) is 7.57. The first kappa shape index (κ1) is 18.6. The fourth-order valence-electron chi connectivity index (χ4n) is 4.50. The number of carbonyl (C=O) groups is 1. The maximum Gasteiger partial charge on any atom is 0.224 e. The third-order valence-electron chi connectivity index (χ3n) is 6.30. The van der Waals surface area contributed by atoms with Crippen LogP contribution in [0.2, 0.25) is 0 Å². The second-order valence-electron chi connectivity index (χ2n) is 8.55. The number of ether oxygens (including phenoxy) is 2. The predicted octanol–water partition coefficient (Wildman–Crippen LogP) is 3.08. The highest BCUT2D eigenvalue weighted by atomic mass is 16.5. The molecule has 1 saturated carbocycles. The Balaban J connectivity index is 1.51. The van der Waals surface area contributed by atoms with Crippen LogP contribution in [0.5, 0.6) is 11.5 Å². The van der Waals surface area contributed by atoms with Crippen molar-refractivity contribution < 1.29 is 19.4 Å². The third-order valence-corrected chi connectivity index (χ3v) is 6.30. The fourth-order valence-corrected chi connectivity index (χ4v) is 4.50. The maximum atomic E-state index is 12.1. The van der Waals surface area contributed by atoms with Crippen molar-refractivity contribution in [1.82, 2.24) is 10.6 Å². The molecule has 2 fully saturated rings. The molecule has 154 valence electrons. The molecule has 1 aromatic carbocycles. The average molecular weight is 396 g/mol. The van der Waals surface area contributed by atoms with E-state index >= 15 is 0 Å². The highest BCUT2D eigenvalue weighted by Crippen LogP contribution is 2.43. The van der Waals surface area contributed by atoms with E-state index in [-0.39, 0.29) is 17.8 Å². The van der Waals surface area contributed by atoms with Crippen LogP contribution in [0.25, 0.3) is 5.76 Å². The van der Waals surface area contributed by atoms with Crippen LogP contribution in [-0.4, -0.2) is 36.8 Å². The Bertz CT molecular complexity index is 866. The largest absolute Gasteiger partial charge is 0.507 e. The zero-order valence-corrected chi connectivity index (χ0v) is 16.6. The van der Waals surface area contributed by atoms with Crippen molar-refractivity contribution >= 4 is 11.7 Å². The SMILES string of the molecule is O=C1CCC2=C(C=C(c3c(O)cccc3OCC3CC3)OC2[C@H]2CCCNC2)N1. The molecule has 5 rings (SSSR count). The average Bonchev–Trinajstić information content (AvgIpc) is 3.56. The molecular formula is C23H28N2O4. The minimum Gasteiger partial charge on any atom is -0.507 e. The van der Waals surface area contributed by atoms with Crippen molar-refractivity contribution in [1.29, 1.82) is 0 Å². The van der Waals surface area contributed by atoms with Crippen molar-refractivity contribution in [3.05, 3.63) is 41.1 Å². The molecule has 1 aromatic rings. The van der Waals surface area contributed by atoms with Crippen molar-refractivity contribution in [3.63, 3.8) is 0 Å². The third kappa shape index (κ3) is 3.86. The van der Waals surface area contributed by atoms with Gasteiger partial charge in [0.05, 0.1) is 6.61 Å². The summed E-state index contributed by atoms with van der Waals surface area (Å²) in [7, 11) is 0. The normalized spacial score (nSPS) is 26.9. The fraction of sp³-hybridized carbons (Fsp3) is 0.522. The van der Waals surface area contributed by atoms with Gasteiger partial charge in [0.2, 0.25) is 5.91 Å². The number of benzene rings is 1. The lowest BCUT2D eigenvalue weighted by Crippen LogP contribution is -2.42. The summed E-state index contributed by atoms with van der Waals surface area (Å²) in [5.41, 5.74) is 2.57. The molecule has 3 heterocycles. The Labute approximate surface area is 171 Å². The number of phenolic OH excluding ortho intramolecular Hbond substituents is 1. The Morgan fingerprint density at radius 3 is 2.90 bits per heavy atom. The van der Waals surface area contributed by atoms with E-state index in [1.807, 2.05) is 12.1 Å². The number of piperidine rings is 1. The van der Waals surface area contributed by atoms with Gasteiger partial charge in [-0.1, -0.05) is 6.07 Å². The van der Waals surface area contributed by atoms with Gasteiger partial charge in [-0.25, -0.2) is 0 Å². The number of carbonyl (C=O) groups excluding carboxylic acids is 1. The number of hydrogen-bond donors (Lipinski definition) is 3. The molecule has 1 aliphatic carbocycles. The molecule has 4 aliphatic rings. The topological polar surface area (TPSA) is 79.8 Å². The van der Waals surface area contributed by atoms with Crippen molar-refractivity contribution in [2.75, 3.05) is 19.7 Å². The number of allylic oxidation sites excluding steroid dienone is 1. The summed E-state index contributed by atoms with van der Waals surface area (Å²) in [5.74, 6) is 2.33. The molecule has 6 nitrogen and oxygen atoms in total. The zero-order chi connectivity index (χ0) is 19.8. The second kappa shape index (κ2) is 7.75. The van der Waals surface area contributed by atoms with E-state index in [1.54, 1.807) is 12.1 Å². The summed E-state index contributed by atoms with van der Waals surface area (Å²) in [6, 6.07) is 5.33. The molecular weight excluding hydrogens is 368 g/mol.